The van der Waals surface area contributed by atoms with Gasteiger partial charge in [0.15, 0.2) is 0 Å². The van der Waals surface area contributed by atoms with Gasteiger partial charge in [0.05, 0.1) is 12.2 Å². The van der Waals surface area contributed by atoms with E-state index in [2.05, 4.69) is 0 Å². The van der Waals surface area contributed by atoms with E-state index in [0.29, 0.717) is 18.2 Å². The van der Waals surface area contributed by atoms with Gasteiger partial charge in [-0.2, -0.15) is 0 Å². The lowest BCUT2D eigenvalue weighted by molar-refractivity contribution is -0.127. The molecule has 29 heavy (non-hydrogen) atoms. The van der Waals surface area contributed by atoms with Crippen LogP contribution in [0.3, 0.4) is 0 Å². The molecule has 3 aromatic carbocycles. The number of amides is 1. The number of nitrogens with zero attached hydrogens (tertiary/aromatic N) is 1. The molecule has 5 heteroatoms. The van der Waals surface area contributed by atoms with Crippen molar-refractivity contribution in [1.82, 2.24) is 0 Å². The van der Waals surface area contributed by atoms with Crippen molar-refractivity contribution in [2.75, 3.05) is 24.7 Å². The summed E-state index contributed by atoms with van der Waals surface area (Å²) in [6, 6.07) is 25.0. The number of fused-ring (bicyclic) bond motifs is 1. The summed E-state index contributed by atoms with van der Waals surface area (Å²) in [4.78, 5) is 14.7. The zero-order valence-corrected chi connectivity index (χ0v) is 16.9. The summed E-state index contributed by atoms with van der Waals surface area (Å²) < 4.78 is 12.0. The summed E-state index contributed by atoms with van der Waals surface area (Å²) in [7, 11) is 0. The number of carbonyl (C=O) groups excluding carboxylic acids is 1. The van der Waals surface area contributed by atoms with Gasteiger partial charge < -0.3 is 14.4 Å². The number of benzene rings is 3. The van der Waals surface area contributed by atoms with Crippen molar-refractivity contribution in [3.63, 3.8) is 0 Å². The Labute approximate surface area is 175 Å². The minimum atomic E-state index is -0.786. The SMILES string of the molecule is CC1(c2ccccc2)OCC(=O)N(CCOc2ccccc2)c2ccc(Cl)cc21. The standard InChI is InChI=1S/C24H22ClNO3/c1-24(18-8-4-2-5-9-18)21-16-19(25)12-13-22(21)26(23(27)17-29-24)14-15-28-20-10-6-3-7-11-20/h2-13,16H,14-15,17H2,1H3. The summed E-state index contributed by atoms with van der Waals surface area (Å²) in [6.45, 7) is 2.74. The number of ether oxygens (including phenoxy) is 2. The second-order valence-electron chi connectivity index (χ2n) is 7.06. The van der Waals surface area contributed by atoms with E-state index < -0.39 is 5.60 Å². The third-order valence-electron chi connectivity index (χ3n) is 5.20. The third kappa shape index (κ3) is 4.00. The Morgan fingerprint density at radius 3 is 2.45 bits per heavy atom. The summed E-state index contributed by atoms with van der Waals surface area (Å²) in [5.74, 6) is 0.668. The third-order valence-corrected chi connectivity index (χ3v) is 5.44. The van der Waals surface area contributed by atoms with Crippen LogP contribution in [0.25, 0.3) is 0 Å². The van der Waals surface area contributed by atoms with Gasteiger partial charge in [0, 0.05) is 10.6 Å². The summed E-state index contributed by atoms with van der Waals surface area (Å²) in [5, 5.41) is 0.601. The van der Waals surface area contributed by atoms with Crippen LogP contribution in [0.2, 0.25) is 5.02 Å². The lowest BCUT2D eigenvalue weighted by atomic mass is 9.86. The molecule has 0 saturated heterocycles. The molecule has 0 radical (unpaired) electrons. The number of hydrogen-bond donors (Lipinski definition) is 0. The van der Waals surface area contributed by atoms with Crippen LogP contribution in [0.15, 0.2) is 78.9 Å². The lowest BCUT2D eigenvalue weighted by Gasteiger charge is -2.31. The number of carbonyl (C=O) groups is 1. The smallest absolute Gasteiger partial charge is 0.253 e. The fourth-order valence-corrected chi connectivity index (χ4v) is 3.81. The van der Waals surface area contributed by atoms with Crippen LogP contribution in [0.1, 0.15) is 18.1 Å². The van der Waals surface area contributed by atoms with Crippen molar-refractivity contribution in [2.24, 2.45) is 0 Å². The van der Waals surface area contributed by atoms with Gasteiger partial charge in [-0.3, -0.25) is 4.79 Å². The van der Waals surface area contributed by atoms with E-state index in [1.54, 1.807) is 11.0 Å². The summed E-state index contributed by atoms with van der Waals surface area (Å²) >= 11 is 6.33. The first kappa shape index (κ1) is 19.5. The molecule has 4 nitrogen and oxygen atoms in total. The van der Waals surface area contributed by atoms with Gasteiger partial charge in [-0.05, 0) is 42.8 Å². The normalized spacial score (nSPS) is 18.8. The van der Waals surface area contributed by atoms with Crippen LogP contribution in [0.5, 0.6) is 5.75 Å². The van der Waals surface area contributed by atoms with Gasteiger partial charge in [0.25, 0.3) is 5.91 Å². The van der Waals surface area contributed by atoms with E-state index in [1.165, 1.54) is 0 Å². The molecule has 0 bridgehead atoms. The van der Waals surface area contributed by atoms with Crippen molar-refractivity contribution in [1.29, 1.82) is 0 Å². The number of anilines is 1. The Morgan fingerprint density at radius 1 is 1.03 bits per heavy atom. The maximum atomic E-state index is 12.9. The second kappa shape index (κ2) is 8.27. The number of hydrogen-bond acceptors (Lipinski definition) is 3. The van der Waals surface area contributed by atoms with E-state index in [1.807, 2.05) is 79.7 Å². The largest absolute Gasteiger partial charge is 0.492 e. The fourth-order valence-electron chi connectivity index (χ4n) is 3.63. The highest BCUT2D eigenvalue weighted by Crippen LogP contribution is 2.42. The molecule has 0 fully saturated rings. The Bertz CT molecular complexity index is 994. The Balaban J connectivity index is 1.67. The topological polar surface area (TPSA) is 38.8 Å². The highest BCUT2D eigenvalue weighted by molar-refractivity contribution is 6.30. The maximum absolute atomic E-state index is 12.9. The highest BCUT2D eigenvalue weighted by Gasteiger charge is 2.38. The van der Waals surface area contributed by atoms with Crippen LogP contribution >= 0.6 is 11.6 Å². The average Bonchev–Trinajstić information content (AvgIpc) is 2.86. The average molecular weight is 408 g/mol. The Kier molecular flexibility index (Phi) is 5.56. The van der Waals surface area contributed by atoms with Gasteiger partial charge in [0.2, 0.25) is 0 Å². The quantitative estimate of drug-likeness (QED) is 0.594. The highest BCUT2D eigenvalue weighted by atomic mass is 35.5. The lowest BCUT2D eigenvalue weighted by Crippen LogP contribution is -2.36. The molecule has 0 spiro atoms. The van der Waals surface area contributed by atoms with E-state index in [4.69, 9.17) is 21.1 Å². The van der Waals surface area contributed by atoms with E-state index >= 15 is 0 Å². The summed E-state index contributed by atoms with van der Waals surface area (Å²) in [5.41, 5.74) is 1.84. The maximum Gasteiger partial charge on any atom is 0.253 e. The summed E-state index contributed by atoms with van der Waals surface area (Å²) in [6.07, 6.45) is 0. The predicted octanol–water partition coefficient (Wildman–Crippen LogP) is 5.05. The van der Waals surface area contributed by atoms with E-state index in [9.17, 15) is 4.79 Å². The van der Waals surface area contributed by atoms with Crippen LogP contribution < -0.4 is 9.64 Å². The van der Waals surface area contributed by atoms with Gasteiger partial charge in [-0.1, -0.05) is 60.1 Å². The second-order valence-corrected chi connectivity index (χ2v) is 7.49. The molecule has 4 rings (SSSR count). The first-order valence-corrected chi connectivity index (χ1v) is 9.93. The zero-order chi connectivity index (χ0) is 20.3. The molecule has 1 aliphatic rings. The van der Waals surface area contributed by atoms with Gasteiger partial charge in [0.1, 0.15) is 24.6 Å². The number of rotatable bonds is 5. The molecule has 148 valence electrons. The van der Waals surface area contributed by atoms with Gasteiger partial charge >= 0.3 is 0 Å². The zero-order valence-electron chi connectivity index (χ0n) is 16.2. The van der Waals surface area contributed by atoms with Crippen molar-refractivity contribution < 1.29 is 14.3 Å². The molecule has 1 amide bonds. The minimum Gasteiger partial charge on any atom is -0.492 e. The van der Waals surface area contributed by atoms with E-state index in [0.717, 1.165) is 22.6 Å². The number of para-hydroxylation sites is 1. The number of halogens is 1. The van der Waals surface area contributed by atoms with E-state index in [-0.39, 0.29) is 12.5 Å². The minimum absolute atomic E-state index is 0.0248. The molecular weight excluding hydrogens is 386 g/mol. The van der Waals surface area contributed by atoms with Gasteiger partial charge in [-0.15, -0.1) is 0 Å². The van der Waals surface area contributed by atoms with Gasteiger partial charge in [-0.25, -0.2) is 0 Å². The van der Waals surface area contributed by atoms with Crippen molar-refractivity contribution >= 4 is 23.2 Å². The molecule has 0 aliphatic carbocycles. The molecule has 1 unspecified atom stereocenters. The van der Waals surface area contributed by atoms with Crippen molar-refractivity contribution in [2.45, 2.75) is 12.5 Å². The van der Waals surface area contributed by atoms with Crippen molar-refractivity contribution in [3.05, 3.63) is 95.0 Å². The molecular formula is C24H22ClNO3. The molecule has 1 atom stereocenters. The molecule has 1 heterocycles. The van der Waals surface area contributed by atoms with Crippen LogP contribution in [-0.4, -0.2) is 25.7 Å². The van der Waals surface area contributed by atoms with Crippen LogP contribution in [0.4, 0.5) is 5.69 Å². The van der Waals surface area contributed by atoms with Crippen LogP contribution in [0, 0.1) is 0 Å². The Hall–Kier alpha value is -2.82. The molecule has 1 aliphatic heterocycles. The Morgan fingerprint density at radius 2 is 1.72 bits per heavy atom. The molecule has 0 aromatic heterocycles. The predicted molar refractivity (Wildman–Crippen MR) is 115 cm³/mol. The van der Waals surface area contributed by atoms with Crippen molar-refractivity contribution in [3.8, 4) is 5.75 Å². The first-order valence-electron chi connectivity index (χ1n) is 9.56. The monoisotopic (exact) mass is 407 g/mol. The molecule has 0 N–H and O–H groups in total. The molecule has 3 aromatic rings. The first-order chi connectivity index (χ1) is 14.1. The molecule has 0 saturated carbocycles. The fraction of sp³-hybridized carbons (Fsp3) is 0.208. The van der Waals surface area contributed by atoms with Crippen LogP contribution in [-0.2, 0) is 15.1 Å².